The summed E-state index contributed by atoms with van der Waals surface area (Å²) in [6.07, 6.45) is 8.22. The molecule has 1 saturated heterocycles. The molecule has 0 aliphatic carbocycles. The number of carbonyl (C=O) groups is 1. The van der Waals surface area contributed by atoms with Crippen LogP contribution in [0, 0.1) is 11.3 Å². The van der Waals surface area contributed by atoms with E-state index in [-0.39, 0.29) is 5.91 Å². The molecule has 4 aromatic rings. The maximum absolute atomic E-state index is 12.2. The van der Waals surface area contributed by atoms with Crippen LogP contribution < -0.4 is 9.64 Å². The fraction of sp³-hybridized carbons (Fsp3) is 0.300. The third-order valence-electron chi connectivity index (χ3n) is 7.22. The number of anilines is 1. The Hall–Kier alpha value is -4.15. The number of fused-ring (bicyclic) bond motifs is 2. The van der Waals surface area contributed by atoms with E-state index in [1.165, 1.54) is 32.4 Å². The van der Waals surface area contributed by atoms with Crippen LogP contribution in [0.25, 0.3) is 27.9 Å². The number of rotatable bonds is 3. The average molecular weight is 494 g/mol. The number of pyridine rings is 1. The minimum Gasteiger partial charge on any atom is -0.494 e. The van der Waals surface area contributed by atoms with Crippen LogP contribution in [0.3, 0.4) is 0 Å². The molecular formula is C30H31N5O2. The fourth-order valence-corrected chi connectivity index (χ4v) is 5.13. The zero-order valence-electron chi connectivity index (χ0n) is 21.6. The van der Waals surface area contributed by atoms with Gasteiger partial charge < -0.3 is 14.5 Å². The standard InChI is InChI=1S/C24H18N4O2.C6H13N/c1-27-20-8-7-17(9-18(20)10-23(27)29)24-19(16-5-3-15(12-25)4-6-16)11-22(30-2)21-13-26-14-28(21)24;1-7-5-3-2-4-6-7/h3-9,11,13-14H,10H2,1-2H3;2-6H2,1H3. The van der Waals surface area contributed by atoms with Crippen molar-refractivity contribution in [2.45, 2.75) is 25.7 Å². The number of piperidine rings is 1. The van der Waals surface area contributed by atoms with E-state index in [2.05, 4.69) is 29.1 Å². The van der Waals surface area contributed by atoms with Crippen LogP contribution in [-0.4, -0.2) is 54.5 Å². The summed E-state index contributed by atoms with van der Waals surface area (Å²) in [7, 11) is 5.64. The Morgan fingerprint density at radius 2 is 1.70 bits per heavy atom. The molecule has 0 bridgehead atoms. The molecule has 0 N–H and O–H groups in total. The second-order valence-corrected chi connectivity index (χ2v) is 9.65. The zero-order chi connectivity index (χ0) is 25.9. The fourth-order valence-electron chi connectivity index (χ4n) is 5.13. The molecule has 2 aliphatic rings. The van der Waals surface area contributed by atoms with Gasteiger partial charge in [-0.15, -0.1) is 0 Å². The first-order valence-electron chi connectivity index (χ1n) is 12.6. The van der Waals surface area contributed by atoms with Crippen molar-refractivity contribution >= 4 is 17.1 Å². The Morgan fingerprint density at radius 3 is 2.35 bits per heavy atom. The number of imidazole rings is 1. The number of hydrogen-bond donors (Lipinski definition) is 0. The van der Waals surface area contributed by atoms with E-state index >= 15 is 0 Å². The third kappa shape index (κ3) is 4.81. The monoisotopic (exact) mass is 493 g/mol. The summed E-state index contributed by atoms with van der Waals surface area (Å²) in [6, 6.07) is 17.7. The minimum atomic E-state index is 0.0944. The quantitative estimate of drug-likeness (QED) is 0.394. The van der Waals surface area contributed by atoms with Crippen molar-refractivity contribution in [2.75, 3.05) is 39.2 Å². The number of nitriles is 1. The van der Waals surface area contributed by atoms with Crippen LogP contribution >= 0.6 is 0 Å². The molecule has 0 unspecified atom stereocenters. The van der Waals surface area contributed by atoms with Crippen molar-refractivity contribution < 1.29 is 9.53 Å². The molecule has 1 fully saturated rings. The molecule has 2 aromatic carbocycles. The van der Waals surface area contributed by atoms with Crippen molar-refractivity contribution in [1.82, 2.24) is 14.3 Å². The highest BCUT2D eigenvalue weighted by atomic mass is 16.5. The summed E-state index contributed by atoms with van der Waals surface area (Å²) >= 11 is 0. The number of likely N-dealkylation sites (N-methyl/N-ethyl adjacent to an activating group) is 1. The molecule has 7 nitrogen and oxygen atoms in total. The van der Waals surface area contributed by atoms with Crippen LogP contribution in [0.15, 0.2) is 61.1 Å². The highest BCUT2D eigenvalue weighted by Gasteiger charge is 2.25. The van der Waals surface area contributed by atoms with E-state index in [0.717, 1.165) is 39.2 Å². The smallest absolute Gasteiger partial charge is 0.231 e. The molecule has 37 heavy (non-hydrogen) atoms. The predicted octanol–water partition coefficient (Wildman–Crippen LogP) is 5.17. The largest absolute Gasteiger partial charge is 0.494 e. The van der Waals surface area contributed by atoms with Gasteiger partial charge in [0.2, 0.25) is 5.91 Å². The van der Waals surface area contributed by atoms with Gasteiger partial charge in [-0.05, 0) is 80.0 Å². The van der Waals surface area contributed by atoms with Crippen molar-refractivity contribution in [3.8, 4) is 34.2 Å². The van der Waals surface area contributed by atoms with Gasteiger partial charge in [0.1, 0.15) is 11.3 Å². The van der Waals surface area contributed by atoms with E-state index in [1.807, 2.05) is 34.7 Å². The number of nitrogens with zero attached hydrogens (tertiary/aromatic N) is 5. The van der Waals surface area contributed by atoms with Gasteiger partial charge in [-0.3, -0.25) is 9.20 Å². The topological polar surface area (TPSA) is 73.9 Å². The highest BCUT2D eigenvalue weighted by molar-refractivity contribution is 6.01. The zero-order valence-corrected chi connectivity index (χ0v) is 21.6. The van der Waals surface area contributed by atoms with Crippen LogP contribution in [0.1, 0.15) is 30.4 Å². The van der Waals surface area contributed by atoms with E-state index in [1.54, 1.807) is 43.7 Å². The van der Waals surface area contributed by atoms with Gasteiger partial charge in [-0.25, -0.2) is 4.98 Å². The molecule has 2 aromatic heterocycles. The Labute approximate surface area is 217 Å². The Balaban J connectivity index is 0.000000348. The summed E-state index contributed by atoms with van der Waals surface area (Å²) in [5, 5.41) is 9.15. The van der Waals surface area contributed by atoms with E-state index in [9.17, 15) is 4.79 Å². The molecule has 1 amide bonds. The van der Waals surface area contributed by atoms with Crippen LogP contribution in [0.4, 0.5) is 5.69 Å². The number of hydrogen-bond acceptors (Lipinski definition) is 5. The van der Waals surface area contributed by atoms with Crippen LogP contribution in [0.5, 0.6) is 5.75 Å². The molecule has 6 rings (SSSR count). The first-order valence-corrected chi connectivity index (χ1v) is 12.6. The maximum atomic E-state index is 12.2. The number of likely N-dealkylation sites (tertiary alicyclic amines) is 1. The summed E-state index contributed by atoms with van der Waals surface area (Å²) in [4.78, 5) is 20.6. The lowest BCUT2D eigenvalue weighted by Gasteiger charge is -2.20. The third-order valence-corrected chi connectivity index (χ3v) is 7.22. The Morgan fingerprint density at radius 1 is 0.973 bits per heavy atom. The van der Waals surface area contributed by atoms with Crippen molar-refractivity contribution in [3.05, 3.63) is 72.2 Å². The highest BCUT2D eigenvalue weighted by Crippen LogP contribution is 2.40. The van der Waals surface area contributed by atoms with Crippen molar-refractivity contribution in [3.63, 3.8) is 0 Å². The first kappa shape index (κ1) is 24.5. The molecular weight excluding hydrogens is 462 g/mol. The van der Waals surface area contributed by atoms with Gasteiger partial charge in [0.05, 0.1) is 43.4 Å². The predicted molar refractivity (Wildman–Crippen MR) is 146 cm³/mol. The number of amides is 1. The minimum absolute atomic E-state index is 0.0944. The number of carbonyl (C=O) groups excluding carboxylic acids is 1. The summed E-state index contributed by atoms with van der Waals surface area (Å²) in [5.41, 5.74) is 7.29. The first-order chi connectivity index (χ1) is 18.0. The lowest BCUT2D eigenvalue weighted by molar-refractivity contribution is -0.117. The Bertz CT molecular complexity index is 1480. The number of aromatic nitrogens is 2. The van der Waals surface area contributed by atoms with E-state index in [4.69, 9.17) is 10.00 Å². The van der Waals surface area contributed by atoms with Gasteiger partial charge in [-0.2, -0.15) is 5.26 Å². The summed E-state index contributed by atoms with van der Waals surface area (Å²) in [6.45, 7) is 2.64. The van der Waals surface area contributed by atoms with E-state index < -0.39 is 0 Å². The Kier molecular flexibility index (Phi) is 6.93. The molecule has 0 saturated carbocycles. The van der Waals surface area contributed by atoms with Gasteiger partial charge >= 0.3 is 0 Å². The van der Waals surface area contributed by atoms with Gasteiger partial charge in [0.15, 0.2) is 0 Å². The molecule has 0 spiro atoms. The molecule has 0 radical (unpaired) electrons. The number of methoxy groups -OCH3 is 1. The van der Waals surface area contributed by atoms with Crippen molar-refractivity contribution in [1.29, 1.82) is 5.26 Å². The normalized spacial score (nSPS) is 15.2. The molecule has 2 aliphatic heterocycles. The molecule has 4 heterocycles. The van der Waals surface area contributed by atoms with Gasteiger partial charge in [0.25, 0.3) is 0 Å². The van der Waals surface area contributed by atoms with Crippen molar-refractivity contribution in [2.24, 2.45) is 0 Å². The lowest BCUT2D eigenvalue weighted by Crippen LogP contribution is -2.24. The summed E-state index contributed by atoms with van der Waals surface area (Å²) in [5.74, 6) is 0.809. The van der Waals surface area contributed by atoms with Crippen LogP contribution in [-0.2, 0) is 11.2 Å². The van der Waals surface area contributed by atoms with Gasteiger partial charge in [0, 0.05) is 18.3 Å². The molecule has 7 heteroatoms. The summed E-state index contributed by atoms with van der Waals surface area (Å²) < 4.78 is 7.63. The van der Waals surface area contributed by atoms with Gasteiger partial charge in [-0.1, -0.05) is 24.6 Å². The van der Waals surface area contributed by atoms with E-state index in [0.29, 0.717) is 17.7 Å². The lowest BCUT2D eigenvalue weighted by atomic mass is 9.96. The SMILES string of the molecule is CN1CCCCC1.COc1cc(-c2ccc(C#N)cc2)c(-c2ccc3c(c2)CC(=O)N3C)n2cncc12. The average Bonchev–Trinajstić information content (AvgIpc) is 3.53. The molecule has 0 atom stereocenters. The number of benzene rings is 2. The van der Waals surface area contributed by atoms with Crippen LogP contribution in [0.2, 0.25) is 0 Å². The molecule has 188 valence electrons. The maximum Gasteiger partial charge on any atom is 0.231 e. The second kappa shape index (κ2) is 10.5. The number of ether oxygens (including phenoxy) is 1. The second-order valence-electron chi connectivity index (χ2n) is 9.65.